The molecule has 35 heavy (non-hydrogen) atoms. The lowest BCUT2D eigenvalue weighted by Gasteiger charge is -2.21. The minimum atomic E-state index is -0.280. The number of nitriles is 1. The predicted molar refractivity (Wildman–Crippen MR) is 134 cm³/mol. The highest BCUT2D eigenvalue weighted by atomic mass is 19.1. The molecule has 0 aliphatic rings. The lowest BCUT2D eigenvalue weighted by atomic mass is 10.0. The summed E-state index contributed by atoms with van der Waals surface area (Å²) in [5.74, 6) is 0.234. The number of nitrogens with zero attached hydrogens (tertiary/aromatic N) is 4. The van der Waals surface area contributed by atoms with Crippen molar-refractivity contribution in [1.29, 1.82) is 5.26 Å². The Morgan fingerprint density at radius 1 is 1.00 bits per heavy atom. The quantitative estimate of drug-likeness (QED) is 0.333. The maximum absolute atomic E-state index is 13.6. The number of carbonyl (C=O) groups is 1. The maximum atomic E-state index is 13.6. The fraction of sp³-hybridized carbons (Fsp3) is 0.143. The van der Waals surface area contributed by atoms with E-state index in [1.807, 2.05) is 42.5 Å². The molecule has 2 aromatic carbocycles. The summed E-state index contributed by atoms with van der Waals surface area (Å²) in [7, 11) is 0. The van der Waals surface area contributed by atoms with Gasteiger partial charge in [-0.1, -0.05) is 36.4 Å². The molecule has 174 valence electrons. The molecule has 0 radical (unpaired) electrons. The van der Waals surface area contributed by atoms with Crippen LogP contribution in [0, 0.1) is 17.1 Å². The van der Waals surface area contributed by atoms with Crippen LogP contribution < -0.4 is 10.2 Å². The maximum Gasteiger partial charge on any atom is 0.214 e. The molecule has 4 aromatic rings. The molecule has 0 aliphatic carbocycles. The third-order valence-electron chi connectivity index (χ3n) is 5.56. The number of carbonyl (C=O) groups excluding carboxylic acids is 1. The monoisotopic (exact) mass is 465 g/mol. The molecular weight excluding hydrogens is 441 g/mol. The van der Waals surface area contributed by atoms with Crippen LogP contribution in [0.5, 0.6) is 0 Å². The lowest BCUT2D eigenvalue weighted by Crippen LogP contribution is -2.26. The summed E-state index contributed by atoms with van der Waals surface area (Å²) in [6.45, 7) is 0.911. The number of rotatable bonds is 10. The molecule has 0 unspecified atom stereocenters. The molecule has 0 saturated heterocycles. The highest BCUT2D eigenvalue weighted by Gasteiger charge is 2.15. The summed E-state index contributed by atoms with van der Waals surface area (Å²) in [5.41, 5.74) is 4.20. The standard InChI is InChI=1S/C28H24FN5O/c29-23-8-5-6-21(18-23)13-16-32-28-27(34(20-35)17-14-24-9-3-4-15-31-24)12-11-26(33-28)25-10-2-1-7-22(25)19-30/h1-12,15,18,20H,13-14,16-17H2,(H,32,33). The molecule has 7 heteroatoms. The first-order valence-electron chi connectivity index (χ1n) is 11.3. The molecule has 0 fully saturated rings. The topological polar surface area (TPSA) is 81.9 Å². The van der Waals surface area contributed by atoms with Gasteiger partial charge in [0.25, 0.3) is 0 Å². The van der Waals surface area contributed by atoms with Gasteiger partial charge in [-0.2, -0.15) is 5.26 Å². The number of halogens is 1. The first-order valence-corrected chi connectivity index (χ1v) is 11.3. The Balaban J connectivity index is 1.61. The van der Waals surface area contributed by atoms with Crippen molar-refractivity contribution in [1.82, 2.24) is 9.97 Å². The number of pyridine rings is 2. The molecule has 2 aromatic heterocycles. The van der Waals surface area contributed by atoms with Crippen molar-refractivity contribution in [2.75, 3.05) is 23.3 Å². The molecule has 0 saturated carbocycles. The van der Waals surface area contributed by atoms with Crippen LogP contribution >= 0.6 is 0 Å². The molecular formula is C28H24FN5O. The zero-order chi connectivity index (χ0) is 24.5. The largest absolute Gasteiger partial charge is 0.368 e. The first kappa shape index (κ1) is 23.6. The van der Waals surface area contributed by atoms with E-state index in [1.54, 1.807) is 35.4 Å². The van der Waals surface area contributed by atoms with E-state index in [4.69, 9.17) is 4.98 Å². The van der Waals surface area contributed by atoms with Crippen LogP contribution in [0.2, 0.25) is 0 Å². The first-order chi connectivity index (χ1) is 17.2. The molecule has 0 atom stereocenters. The van der Waals surface area contributed by atoms with E-state index in [2.05, 4.69) is 16.4 Å². The Morgan fingerprint density at radius 2 is 1.86 bits per heavy atom. The van der Waals surface area contributed by atoms with E-state index in [9.17, 15) is 14.4 Å². The van der Waals surface area contributed by atoms with Crippen LogP contribution in [0.15, 0.2) is 85.1 Å². The van der Waals surface area contributed by atoms with Crippen LogP contribution in [-0.2, 0) is 17.6 Å². The van der Waals surface area contributed by atoms with E-state index in [-0.39, 0.29) is 5.82 Å². The van der Waals surface area contributed by atoms with Crippen molar-refractivity contribution in [2.24, 2.45) is 0 Å². The average Bonchev–Trinajstić information content (AvgIpc) is 2.90. The summed E-state index contributed by atoms with van der Waals surface area (Å²) in [5, 5.41) is 12.8. The van der Waals surface area contributed by atoms with Crippen LogP contribution in [0.4, 0.5) is 15.9 Å². The van der Waals surface area contributed by atoms with Gasteiger partial charge in [-0.15, -0.1) is 0 Å². The number of benzene rings is 2. The third-order valence-corrected chi connectivity index (χ3v) is 5.56. The summed E-state index contributed by atoms with van der Waals surface area (Å²) in [6, 6.07) is 25.2. The fourth-order valence-electron chi connectivity index (χ4n) is 3.80. The average molecular weight is 466 g/mol. The molecule has 1 amide bonds. The van der Waals surface area contributed by atoms with E-state index < -0.39 is 0 Å². The van der Waals surface area contributed by atoms with Crippen molar-refractivity contribution in [3.05, 3.63) is 108 Å². The second-order valence-corrected chi connectivity index (χ2v) is 7.90. The number of aromatic nitrogens is 2. The zero-order valence-corrected chi connectivity index (χ0v) is 19.1. The Hall–Kier alpha value is -4.57. The number of hydrogen-bond donors (Lipinski definition) is 1. The Bertz CT molecular complexity index is 1340. The van der Waals surface area contributed by atoms with Gasteiger partial charge in [0.2, 0.25) is 6.41 Å². The van der Waals surface area contributed by atoms with Crippen molar-refractivity contribution in [3.63, 3.8) is 0 Å². The van der Waals surface area contributed by atoms with Crippen molar-refractivity contribution < 1.29 is 9.18 Å². The fourth-order valence-corrected chi connectivity index (χ4v) is 3.80. The summed E-state index contributed by atoms with van der Waals surface area (Å²) >= 11 is 0. The van der Waals surface area contributed by atoms with Gasteiger partial charge in [0, 0.05) is 37.0 Å². The molecule has 0 aliphatic heterocycles. The molecule has 0 bridgehead atoms. The van der Waals surface area contributed by atoms with Gasteiger partial charge >= 0.3 is 0 Å². The second kappa shape index (κ2) is 11.5. The minimum Gasteiger partial charge on any atom is -0.368 e. The highest BCUT2D eigenvalue weighted by Crippen LogP contribution is 2.29. The molecule has 6 nitrogen and oxygen atoms in total. The van der Waals surface area contributed by atoms with Crippen LogP contribution in [0.25, 0.3) is 11.3 Å². The minimum absolute atomic E-state index is 0.280. The normalized spacial score (nSPS) is 10.4. The summed E-state index contributed by atoms with van der Waals surface area (Å²) in [6.07, 6.45) is 3.66. The summed E-state index contributed by atoms with van der Waals surface area (Å²) < 4.78 is 13.6. The Kier molecular flexibility index (Phi) is 7.77. The predicted octanol–water partition coefficient (Wildman–Crippen LogP) is 5.01. The van der Waals surface area contributed by atoms with Crippen molar-refractivity contribution >= 4 is 17.9 Å². The Morgan fingerprint density at radius 3 is 2.63 bits per heavy atom. The number of amides is 1. The van der Waals surface area contributed by atoms with E-state index in [1.165, 1.54) is 12.1 Å². The number of nitrogens with one attached hydrogen (secondary N) is 1. The molecule has 0 spiro atoms. The van der Waals surface area contributed by atoms with Crippen LogP contribution in [0.1, 0.15) is 16.8 Å². The Labute approximate surface area is 203 Å². The van der Waals surface area contributed by atoms with Crippen LogP contribution in [0.3, 0.4) is 0 Å². The van der Waals surface area contributed by atoms with Gasteiger partial charge in [0.05, 0.1) is 23.0 Å². The lowest BCUT2D eigenvalue weighted by molar-refractivity contribution is -0.107. The van der Waals surface area contributed by atoms with Gasteiger partial charge < -0.3 is 10.2 Å². The summed E-state index contributed by atoms with van der Waals surface area (Å²) in [4.78, 5) is 22.7. The van der Waals surface area contributed by atoms with Crippen molar-refractivity contribution in [3.8, 4) is 17.3 Å². The SMILES string of the molecule is N#Cc1ccccc1-c1ccc(N(C=O)CCc2ccccn2)c(NCCc2cccc(F)c2)n1. The van der Waals surface area contributed by atoms with Gasteiger partial charge in [0.1, 0.15) is 5.82 Å². The molecule has 1 N–H and O–H groups in total. The van der Waals surface area contributed by atoms with Gasteiger partial charge in [-0.3, -0.25) is 9.78 Å². The van der Waals surface area contributed by atoms with Gasteiger partial charge in [-0.05, 0) is 54.4 Å². The molecule has 4 rings (SSSR count). The van der Waals surface area contributed by atoms with Crippen molar-refractivity contribution in [2.45, 2.75) is 12.8 Å². The third kappa shape index (κ3) is 6.06. The highest BCUT2D eigenvalue weighted by molar-refractivity contribution is 5.83. The number of hydrogen-bond acceptors (Lipinski definition) is 5. The molecule has 2 heterocycles. The van der Waals surface area contributed by atoms with Gasteiger partial charge in [-0.25, -0.2) is 9.37 Å². The van der Waals surface area contributed by atoms with Crippen LogP contribution in [-0.4, -0.2) is 29.5 Å². The number of anilines is 2. The van der Waals surface area contributed by atoms with Gasteiger partial charge in [0.15, 0.2) is 5.82 Å². The van der Waals surface area contributed by atoms with E-state index in [0.717, 1.165) is 17.7 Å². The van der Waals surface area contributed by atoms with E-state index >= 15 is 0 Å². The zero-order valence-electron chi connectivity index (χ0n) is 19.1. The smallest absolute Gasteiger partial charge is 0.214 e. The second-order valence-electron chi connectivity index (χ2n) is 7.90. The van der Waals surface area contributed by atoms with E-state index in [0.29, 0.717) is 54.3 Å².